The first-order chi connectivity index (χ1) is 8.56. The van der Waals surface area contributed by atoms with Crippen molar-refractivity contribution in [2.24, 2.45) is 11.8 Å². The largest absolute Gasteiger partial charge is 0.492 e. The van der Waals surface area contributed by atoms with Gasteiger partial charge in [-0.1, -0.05) is 41.0 Å². The Labute approximate surface area is 112 Å². The molecule has 0 spiro atoms. The fraction of sp³-hybridized carbons (Fsp3) is 0.688. The van der Waals surface area contributed by atoms with Crippen LogP contribution in [0.4, 0.5) is 0 Å². The lowest BCUT2D eigenvalue weighted by Crippen LogP contribution is -2.20. The third-order valence-electron chi connectivity index (χ3n) is 3.17. The minimum atomic E-state index is 0.588. The fourth-order valence-corrected chi connectivity index (χ4v) is 2.07. The third kappa shape index (κ3) is 4.32. The Hall–Kier alpha value is -1.05. The average molecular weight is 249 g/mol. The van der Waals surface area contributed by atoms with Gasteiger partial charge in [-0.15, -0.1) is 0 Å². The Balaban J connectivity index is 0.000000357. The molecular weight excluding hydrogens is 222 g/mol. The van der Waals surface area contributed by atoms with Crippen LogP contribution in [0.25, 0.3) is 0 Å². The van der Waals surface area contributed by atoms with Crippen molar-refractivity contribution in [1.29, 1.82) is 0 Å². The highest BCUT2D eigenvalue weighted by Crippen LogP contribution is 2.37. The van der Waals surface area contributed by atoms with E-state index in [4.69, 9.17) is 4.74 Å². The molecule has 0 amide bonds. The summed E-state index contributed by atoms with van der Waals surface area (Å²) in [5, 5.41) is 0. The van der Waals surface area contributed by atoms with Gasteiger partial charge in [0.05, 0.1) is 12.3 Å². The summed E-state index contributed by atoms with van der Waals surface area (Å²) in [6.07, 6.45) is 4.18. The highest BCUT2D eigenvalue weighted by Gasteiger charge is 2.26. The van der Waals surface area contributed by atoms with Crippen LogP contribution in [-0.2, 0) is 0 Å². The smallest absolute Gasteiger partial charge is 0.141 e. The number of fused-ring (bicyclic) bond motifs is 1. The predicted molar refractivity (Wildman–Crippen MR) is 77.1 cm³/mol. The van der Waals surface area contributed by atoms with E-state index in [9.17, 15) is 0 Å². The summed E-state index contributed by atoms with van der Waals surface area (Å²) < 4.78 is 5.59. The van der Waals surface area contributed by atoms with Crippen molar-refractivity contribution < 1.29 is 4.74 Å². The summed E-state index contributed by atoms with van der Waals surface area (Å²) >= 11 is 0. The lowest BCUT2D eigenvalue weighted by atomic mass is 9.85. The molecule has 0 radical (unpaired) electrons. The Morgan fingerprint density at radius 3 is 2.61 bits per heavy atom. The van der Waals surface area contributed by atoms with E-state index in [-0.39, 0.29) is 0 Å². The van der Waals surface area contributed by atoms with Gasteiger partial charge in [0, 0.05) is 12.1 Å². The quantitative estimate of drug-likeness (QED) is 0.760. The van der Waals surface area contributed by atoms with E-state index in [1.54, 1.807) is 0 Å². The molecule has 2 nitrogen and oxygen atoms in total. The van der Waals surface area contributed by atoms with Gasteiger partial charge in [-0.25, -0.2) is 0 Å². The van der Waals surface area contributed by atoms with Crippen LogP contribution in [0.2, 0.25) is 0 Å². The molecular formula is C16H27NO. The molecule has 1 aliphatic heterocycles. The van der Waals surface area contributed by atoms with Crippen molar-refractivity contribution in [1.82, 2.24) is 4.98 Å². The molecule has 2 atom stereocenters. The minimum Gasteiger partial charge on any atom is -0.492 e. The maximum Gasteiger partial charge on any atom is 0.141 e. The van der Waals surface area contributed by atoms with Crippen molar-refractivity contribution >= 4 is 0 Å². The number of aromatic nitrogens is 1. The zero-order chi connectivity index (χ0) is 13.5. The number of pyridine rings is 1. The van der Waals surface area contributed by atoms with Crippen molar-refractivity contribution in [3.05, 3.63) is 24.0 Å². The van der Waals surface area contributed by atoms with E-state index in [1.807, 2.05) is 18.3 Å². The molecule has 0 N–H and O–H groups in total. The van der Waals surface area contributed by atoms with Crippen molar-refractivity contribution in [2.45, 2.75) is 53.4 Å². The Bertz CT molecular complexity index is 346. The summed E-state index contributed by atoms with van der Waals surface area (Å²) in [6.45, 7) is 11.9. The highest BCUT2D eigenvalue weighted by molar-refractivity contribution is 5.32. The van der Waals surface area contributed by atoms with Crippen LogP contribution in [0.3, 0.4) is 0 Å². The summed E-state index contributed by atoms with van der Waals surface area (Å²) in [5.41, 5.74) is 1.16. The van der Waals surface area contributed by atoms with Gasteiger partial charge < -0.3 is 4.74 Å². The Kier molecular flexibility index (Phi) is 6.17. The topological polar surface area (TPSA) is 22.1 Å². The number of rotatable bonds is 2. The normalized spacial score (nSPS) is 19.3. The van der Waals surface area contributed by atoms with E-state index >= 15 is 0 Å². The van der Waals surface area contributed by atoms with E-state index in [0.717, 1.165) is 30.4 Å². The average Bonchev–Trinajstić information content (AvgIpc) is 2.36. The minimum absolute atomic E-state index is 0.588. The second-order valence-electron chi connectivity index (χ2n) is 5.75. The molecule has 0 aliphatic carbocycles. The molecule has 2 heterocycles. The summed E-state index contributed by atoms with van der Waals surface area (Å²) in [4.78, 5) is 4.44. The lowest BCUT2D eigenvalue weighted by Gasteiger charge is -2.28. The first-order valence-electron chi connectivity index (χ1n) is 7.13. The van der Waals surface area contributed by atoms with Crippen LogP contribution in [0.15, 0.2) is 18.3 Å². The van der Waals surface area contributed by atoms with E-state index in [2.05, 4.69) is 39.6 Å². The first kappa shape index (κ1) is 15.0. The maximum absolute atomic E-state index is 5.59. The van der Waals surface area contributed by atoms with Crippen LogP contribution in [0, 0.1) is 11.8 Å². The third-order valence-corrected chi connectivity index (χ3v) is 3.17. The summed E-state index contributed by atoms with van der Waals surface area (Å²) in [6, 6.07) is 3.97. The molecule has 1 aromatic heterocycles. The Morgan fingerprint density at radius 2 is 2.00 bits per heavy atom. The van der Waals surface area contributed by atoms with E-state index < -0.39 is 0 Å². The van der Waals surface area contributed by atoms with Gasteiger partial charge >= 0.3 is 0 Å². The molecule has 2 heteroatoms. The van der Waals surface area contributed by atoms with Crippen LogP contribution < -0.4 is 4.74 Å². The predicted octanol–water partition coefficient (Wildman–Crippen LogP) is 4.66. The highest BCUT2D eigenvalue weighted by atomic mass is 16.5. The molecule has 1 aromatic rings. The van der Waals surface area contributed by atoms with Crippen LogP contribution in [0.5, 0.6) is 5.75 Å². The molecule has 1 unspecified atom stereocenters. The van der Waals surface area contributed by atoms with Crippen molar-refractivity contribution in [3.8, 4) is 5.75 Å². The van der Waals surface area contributed by atoms with E-state index in [1.165, 1.54) is 6.42 Å². The molecule has 102 valence electrons. The second-order valence-corrected chi connectivity index (χ2v) is 5.75. The SMILES string of the molecule is CC(C)C.CCC(C)[C@H]1CCOc2cccnc21. The summed E-state index contributed by atoms with van der Waals surface area (Å²) in [5.74, 6) is 3.11. The number of hydrogen-bond donors (Lipinski definition) is 0. The maximum atomic E-state index is 5.59. The van der Waals surface area contributed by atoms with Gasteiger partial charge in [-0.2, -0.15) is 0 Å². The second kappa shape index (κ2) is 7.40. The molecule has 0 aromatic carbocycles. The first-order valence-corrected chi connectivity index (χ1v) is 7.13. The zero-order valence-electron chi connectivity index (χ0n) is 12.4. The van der Waals surface area contributed by atoms with Crippen LogP contribution in [-0.4, -0.2) is 11.6 Å². The van der Waals surface area contributed by atoms with Gasteiger partial charge in [0.1, 0.15) is 5.75 Å². The number of hydrogen-bond acceptors (Lipinski definition) is 2. The standard InChI is InChI=1S/C12H17NO.C4H10/c1-3-9(2)10-6-8-14-11-5-4-7-13-12(10)11;1-4(2)3/h4-5,7,9-10H,3,6,8H2,1-2H3;4H,1-3H3/t9?,10-;/m1./s1. The van der Waals surface area contributed by atoms with E-state index in [0.29, 0.717) is 11.8 Å². The molecule has 0 bridgehead atoms. The molecule has 0 fully saturated rings. The molecule has 0 saturated heterocycles. The lowest BCUT2D eigenvalue weighted by molar-refractivity contribution is 0.235. The summed E-state index contributed by atoms with van der Waals surface area (Å²) in [7, 11) is 0. The van der Waals surface area contributed by atoms with Crippen LogP contribution >= 0.6 is 0 Å². The fourth-order valence-electron chi connectivity index (χ4n) is 2.07. The number of nitrogens with zero attached hydrogens (tertiary/aromatic N) is 1. The van der Waals surface area contributed by atoms with Gasteiger partial charge in [0.15, 0.2) is 0 Å². The zero-order valence-corrected chi connectivity index (χ0v) is 12.4. The van der Waals surface area contributed by atoms with Gasteiger partial charge in [0.25, 0.3) is 0 Å². The monoisotopic (exact) mass is 249 g/mol. The van der Waals surface area contributed by atoms with Gasteiger partial charge in [-0.05, 0) is 30.4 Å². The molecule has 18 heavy (non-hydrogen) atoms. The van der Waals surface area contributed by atoms with Gasteiger partial charge in [0.2, 0.25) is 0 Å². The van der Waals surface area contributed by atoms with Crippen molar-refractivity contribution in [2.75, 3.05) is 6.61 Å². The van der Waals surface area contributed by atoms with Crippen molar-refractivity contribution in [3.63, 3.8) is 0 Å². The van der Waals surface area contributed by atoms with Crippen LogP contribution in [0.1, 0.15) is 59.1 Å². The molecule has 2 rings (SSSR count). The molecule has 0 saturated carbocycles. The number of ether oxygens (including phenoxy) is 1. The van der Waals surface area contributed by atoms with Gasteiger partial charge in [-0.3, -0.25) is 4.98 Å². The Morgan fingerprint density at radius 1 is 1.33 bits per heavy atom. The molecule has 1 aliphatic rings.